The molecule has 0 saturated carbocycles. The van der Waals surface area contributed by atoms with E-state index in [-0.39, 0.29) is 12.1 Å². The van der Waals surface area contributed by atoms with Crippen molar-refractivity contribution in [3.05, 3.63) is 63.8 Å². The highest BCUT2D eigenvalue weighted by atomic mass is 19.2. The molecule has 88 valence electrons. The molecule has 0 saturated heterocycles. The molecule has 1 aromatic heterocycles. The van der Waals surface area contributed by atoms with Gasteiger partial charge < -0.3 is 0 Å². The van der Waals surface area contributed by atoms with Crippen molar-refractivity contribution in [3.63, 3.8) is 0 Å². The number of aromatic nitrogens is 2. The molecule has 17 heavy (non-hydrogen) atoms. The molecule has 0 atom stereocenters. The summed E-state index contributed by atoms with van der Waals surface area (Å²) >= 11 is 0. The Labute approximate surface area is 96.4 Å². The fourth-order valence-corrected chi connectivity index (χ4v) is 1.49. The van der Waals surface area contributed by atoms with Crippen molar-refractivity contribution in [2.75, 3.05) is 0 Å². The zero-order chi connectivity index (χ0) is 12.4. The Balaban J connectivity index is 2.38. The van der Waals surface area contributed by atoms with Gasteiger partial charge in [0, 0.05) is 17.5 Å². The van der Waals surface area contributed by atoms with Crippen LogP contribution in [0.3, 0.4) is 0 Å². The van der Waals surface area contributed by atoms with Crippen LogP contribution < -0.4 is 5.69 Å². The molecule has 0 aliphatic rings. The summed E-state index contributed by atoms with van der Waals surface area (Å²) in [6.45, 7) is 1.66. The van der Waals surface area contributed by atoms with E-state index >= 15 is 0 Å². The molecular weight excluding hydrogens is 226 g/mol. The molecule has 0 bridgehead atoms. The van der Waals surface area contributed by atoms with Gasteiger partial charge in [-0.1, -0.05) is 12.1 Å². The average molecular weight is 236 g/mol. The van der Waals surface area contributed by atoms with Gasteiger partial charge in [-0.3, -0.25) is 4.57 Å². The highest BCUT2D eigenvalue weighted by Crippen LogP contribution is 2.11. The minimum Gasteiger partial charge on any atom is -0.295 e. The van der Waals surface area contributed by atoms with E-state index in [0.717, 1.165) is 6.07 Å². The van der Waals surface area contributed by atoms with Crippen LogP contribution in [0.2, 0.25) is 0 Å². The van der Waals surface area contributed by atoms with Crippen molar-refractivity contribution in [1.29, 1.82) is 0 Å². The van der Waals surface area contributed by atoms with Gasteiger partial charge in [0.25, 0.3) is 0 Å². The molecule has 0 fully saturated rings. The van der Waals surface area contributed by atoms with Crippen LogP contribution in [0.4, 0.5) is 8.78 Å². The van der Waals surface area contributed by atoms with Gasteiger partial charge in [0.15, 0.2) is 11.6 Å². The highest BCUT2D eigenvalue weighted by molar-refractivity contribution is 5.19. The maximum absolute atomic E-state index is 13.4. The number of nitrogens with zero attached hydrogens (tertiary/aromatic N) is 2. The third-order valence-electron chi connectivity index (χ3n) is 2.39. The van der Waals surface area contributed by atoms with E-state index < -0.39 is 17.3 Å². The molecule has 0 amide bonds. The van der Waals surface area contributed by atoms with E-state index in [0.29, 0.717) is 5.69 Å². The summed E-state index contributed by atoms with van der Waals surface area (Å²) in [5.41, 5.74) is 0.234. The van der Waals surface area contributed by atoms with Gasteiger partial charge >= 0.3 is 5.69 Å². The van der Waals surface area contributed by atoms with Crippen LogP contribution in [0.15, 0.2) is 35.3 Å². The summed E-state index contributed by atoms with van der Waals surface area (Å²) in [5, 5.41) is 0. The topological polar surface area (TPSA) is 34.9 Å². The zero-order valence-electron chi connectivity index (χ0n) is 9.15. The number of hydrogen-bond donors (Lipinski definition) is 0. The summed E-state index contributed by atoms with van der Waals surface area (Å²) in [4.78, 5) is 15.2. The molecule has 0 N–H and O–H groups in total. The van der Waals surface area contributed by atoms with E-state index in [4.69, 9.17) is 0 Å². The number of hydrogen-bond acceptors (Lipinski definition) is 2. The van der Waals surface area contributed by atoms with Crippen molar-refractivity contribution >= 4 is 0 Å². The third-order valence-corrected chi connectivity index (χ3v) is 2.39. The van der Waals surface area contributed by atoms with Gasteiger partial charge in [-0.05, 0) is 19.1 Å². The predicted octanol–water partition coefficient (Wildman–Crippen LogP) is 1.88. The normalized spacial score (nSPS) is 10.5. The monoisotopic (exact) mass is 236 g/mol. The van der Waals surface area contributed by atoms with Crippen molar-refractivity contribution in [1.82, 2.24) is 9.55 Å². The summed E-state index contributed by atoms with van der Waals surface area (Å²) in [5.74, 6) is -1.85. The SMILES string of the molecule is Cc1ccn(Cc2cccc(F)c2F)c(=O)n1. The Morgan fingerprint density at radius 1 is 1.29 bits per heavy atom. The second-order valence-electron chi connectivity index (χ2n) is 3.69. The molecular formula is C12H10F2N2O. The first-order chi connectivity index (χ1) is 8.08. The highest BCUT2D eigenvalue weighted by Gasteiger charge is 2.08. The third kappa shape index (κ3) is 2.38. The van der Waals surface area contributed by atoms with Crippen LogP contribution in [0.1, 0.15) is 11.3 Å². The second-order valence-corrected chi connectivity index (χ2v) is 3.69. The first kappa shape index (κ1) is 11.4. The van der Waals surface area contributed by atoms with Crippen LogP contribution >= 0.6 is 0 Å². The van der Waals surface area contributed by atoms with Crippen LogP contribution in [0.25, 0.3) is 0 Å². The molecule has 2 rings (SSSR count). The predicted molar refractivity (Wildman–Crippen MR) is 58.7 cm³/mol. The van der Waals surface area contributed by atoms with E-state index in [1.54, 1.807) is 13.0 Å². The molecule has 3 nitrogen and oxygen atoms in total. The number of benzene rings is 1. The summed E-state index contributed by atoms with van der Waals surface area (Å²) in [7, 11) is 0. The average Bonchev–Trinajstić information content (AvgIpc) is 2.28. The molecule has 1 heterocycles. The maximum atomic E-state index is 13.4. The van der Waals surface area contributed by atoms with Crippen LogP contribution in [0.5, 0.6) is 0 Å². The van der Waals surface area contributed by atoms with Crippen molar-refractivity contribution in [2.24, 2.45) is 0 Å². The summed E-state index contributed by atoms with van der Waals surface area (Å²) in [6.07, 6.45) is 1.51. The van der Waals surface area contributed by atoms with Crippen LogP contribution in [0, 0.1) is 18.6 Å². The minimum atomic E-state index is -0.931. The molecule has 0 aliphatic heterocycles. The number of halogens is 2. The Hall–Kier alpha value is -2.04. The lowest BCUT2D eigenvalue weighted by Gasteiger charge is -2.06. The van der Waals surface area contributed by atoms with Crippen LogP contribution in [-0.4, -0.2) is 9.55 Å². The van der Waals surface area contributed by atoms with E-state index in [9.17, 15) is 13.6 Å². The lowest BCUT2D eigenvalue weighted by molar-refractivity contribution is 0.494. The molecule has 0 spiro atoms. The fourth-order valence-electron chi connectivity index (χ4n) is 1.49. The van der Waals surface area contributed by atoms with Crippen LogP contribution in [-0.2, 0) is 6.54 Å². The standard InChI is InChI=1S/C12H10F2N2O/c1-8-5-6-16(12(17)15-8)7-9-3-2-4-10(13)11(9)14/h2-6H,7H2,1H3. The molecule has 0 radical (unpaired) electrons. The van der Waals surface area contributed by atoms with Crippen molar-refractivity contribution in [2.45, 2.75) is 13.5 Å². The fraction of sp³-hybridized carbons (Fsp3) is 0.167. The number of rotatable bonds is 2. The molecule has 0 aliphatic carbocycles. The zero-order valence-corrected chi connectivity index (χ0v) is 9.15. The largest absolute Gasteiger partial charge is 0.348 e. The Bertz CT molecular complexity index is 608. The summed E-state index contributed by atoms with van der Waals surface area (Å²) in [6, 6.07) is 5.51. The first-order valence-electron chi connectivity index (χ1n) is 5.05. The van der Waals surface area contributed by atoms with Gasteiger partial charge in [-0.15, -0.1) is 0 Å². The Morgan fingerprint density at radius 2 is 2.06 bits per heavy atom. The van der Waals surface area contributed by atoms with Gasteiger partial charge in [0.05, 0.1) is 6.54 Å². The van der Waals surface area contributed by atoms with E-state index in [2.05, 4.69) is 4.98 Å². The van der Waals surface area contributed by atoms with Gasteiger partial charge in [-0.25, -0.2) is 13.6 Å². The molecule has 5 heteroatoms. The first-order valence-corrected chi connectivity index (χ1v) is 5.05. The smallest absolute Gasteiger partial charge is 0.295 e. The Kier molecular flexibility index (Phi) is 2.99. The maximum Gasteiger partial charge on any atom is 0.348 e. The van der Waals surface area contributed by atoms with Crippen molar-refractivity contribution in [3.8, 4) is 0 Å². The number of aryl methyl sites for hydroxylation is 1. The summed E-state index contributed by atoms with van der Waals surface area (Å²) < 4.78 is 27.6. The van der Waals surface area contributed by atoms with Gasteiger partial charge in [0.1, 0.15) is 0 Å². The quantitative estimate of drug-likeness (QED) is 0.798. The molecule has 1 aromatic carbocycles. The second kappa shape index (κ2) is 4.45. The molecule has 0 unspecified atom stereocenters. The van der Waals surface area contributed by atoms with Gasteiger partial charge in [-0.2, -0.15) is 4.98 Å². The van der Waals surface area contributed by atoms with Crippen molar-refractivity contribution < 1.29 is 8.78 Å². The molecule has 2 aromatic rings. The minimum absolute atomic E-state index is 0.0320. The van der Waals surface area contributed by atoms with E-state index in [1.165, 1.54) is 22.9 Å². The Morgan fingerprint density at radius 3 is 2.76 bits per heavy atom. The van der Waals surface area contributed by atoms with E-state index in [1.807, 2.05) is 0 Å². The lowest BCUT2D eigenvalue weighted by Crippen LogP contribution is -2.23. The van der Waals surface area contributed by atoms with Gasteiger partial charge in [0.2, 0.25) is 0 Å². The lowest BCUT2D eigenvalue weighted by atomic mass is 10.2.